The van der Waals surface area contributed by atoms with Crippen molar-refractivity contribution < 1.29 is 18.7 Å². The Hall–Kier alpha value is -2.58. The molecule has 5 nitrogen and oxygen atoms in total. The number of esters is 1. The maximum absolute atomic E-state index is 13.0. The second kappa shape index (κ2) is 8.20. The van der Waals surface area contributed by atoms with E-state index in [9.17, 15) is 14.0 Å². The number of thiazole rings is 1. The predicted molar refractivity (Wildman–Crippen MR) is 101 cm³/mol. The average molecular weight is 435 g/mol. The Morgan fingerprint density at radius 3 is 2.69 bits per heavy atom. The zero-order chi connectivity index (χ0) is 18.5. The molecule has 0 spiro atoms. The van der Waals surface area contributed by atoms with E-state index in [4.69, 9.17) is 4.74 Å². The van der Waals surface area contributed by atoms with Gasteiger partial charge in [0.1, 0.15) is 5.82 Å². The van der Waals surface area contributed by atoms with Crippen LogP contribution in [0.25, 0.3) is 11.3 Å². The summed E-state index contributed by atoms with van der Waals surface area (Å²) in [6, 6.07) is 12.6. The maximum Gasteiger partial charge on any atom is 0.338 e. The maximum atomic E-state index is 13.0. The number of ether oxygens (including phenoxy) is 1. The van der Waals surface area contributed by atoms with E-state index in [1.807, 2.05) is 0 Å². The Balaban J connectivity index is 1.55. The predicted octanol–water partition coefficient (Wildman–Crippen LogP) is 4.51. The molecule has 0 unspecified atom stereocenters. The Labute approximate surface area is 161 Å². The lowest BCUT2D eigenvalue weighted by Gasteiger charge is -2.05. The van der Waals surface area contributed by atoms with Gasteiger partial charge in [0.15, 0.2) is 11.7 Å². The summed E-state index contributed by atoms with van der Waals surface area (Å²) in [5, 5.41) is 4.68. The fourth-order valence-corrected chi connectivity index (χ4v) is 3.20. The number of nitrogens with one attached hydrogen (secondary N) is 1. The molecule has 0 aliphatic heterocycles. The average Bonchev–Trinajstić information content (AvgIpc) is 3.08. The van der Waals surface area contributed by atoms with Crippen LogP contribution < -0.4 is 5.32 Å². The molecule has 0 bridgehead atoms. The summed E-state index contributed by atoms with van der Waals surface area (Å²) in [5.74, 6) is -1.41. The standard InChI is InChI=1S/C18H12BrFN2O3S/c19-13-3-1-2-12(8-13)17(24)25-9-16(23)22-18-21-15(10-26-18)11-4-6-14(20)7-5-11/h1-8,10H,9H2,(H,21,22,23). The van der Waals surface area contributed by atoms with Gasteiger partial charge in [-0.05, 0) is 42.5 Å². The van der Waals surface area contributed by atoms with Gasteiger partial charge in [0.25, 0.3) is 5.91 Å². The largest absolute Gasteiger partial charge is 0.452 e. The van der Waals surface area contributed by atoms with Crippen LogP contribution in [0, 0.1) is 5.82 Å². The van der Waals surface area contributed by atoms with Crippen LogP contribution in [0.3, 0.4) is 0 Å². The SMILES string of the molecule is O=C(COC(=O)c1cccc(Br)c1)Nc1nc(-c2ccc(F)cc2)cs1. The quantitative estimate of drug-likeness (QED) is 0.599. The van der Waals surface area contributed by atoms with Gasteiger partial charge in [-0.2, -0.15) is 0 Å². The van der Waals surface area contributed by atoms with Crippen molar-refractivity contribution in [2.75, 3.05) is 11.9 Å². The molecular weight excluding hydrogens is 423 g/mol. The van der Waals surface area contributed by atoms with Crippen LogP contribution in [0.15, 0.2) is 58.4 Å². The van der Waals surface area contributed by atoms with Gasteiger partial charge in [-0.25, -0.2) is 14.2 Å². The number of halogens is 2. The summed E-state index contributed by atoms with van der Waals surface area (Å²) in [5.41, 5.74) is 1.71. The Kier molecular flexibility index (Phi) is 5.75. The number of carbonyl (C=O) groups is 2. The molecule has 26 heavy (non-hydrogen) atoms. The second-order valence-corrected chi connectivity index (χ2v) is 6.95. The molecule has 132 valence electrons. The fourth-order valence-electron chi connectivity index (χ4n) is 2.07. The van der Waals surface area contributed by atoms with Crippen molar-refractivity contribution in [2.45, 2.75) is 0 Å². The van der Waals surface area contributed by atoms with Gasteiger partial charge < -0.3 is 4.74 Å². The minimum atomic E-state index is -0.590. The van der Waals surface area contributed by atoms with Crippen LogP contribution >= 0.6 is 27.3 Å². The molecule has 1 heterocycles. The first-order valence-corrected chi connectivity index (χ1v) is 9.12. The van der Waals surface area contributed by atoms with E-state index in [1.54, 1.807) is 41.8 Å². The zero-order valence-corrected chi connectivity index (χ0v) is 15.6. The van der Waals surface area contributed by atoms with Gasteiger partial charge in [-0.1, -0.05) is 22.0 Å². The van der Waals surface area contributed by atoms with Crippen molar-refractivity contribution in [2.24, 2.45) is 0 Å². The van der Waals surface area contributed by atoms with Gasteiger partial charge in [-0.3, -0.25) is 10.1 Å². The summed E-state index contributed by atoms with van der Waals surface area (Å²) >= 11 is 4.49. The highest BCUT2D eigenvalue weighted by molar-refractivity contribution is 9.10. The van der Waals surface area contributed by atoms with E-state index in [0.717, 1.165) is 10.0 Å². The topological polar surface area (TPSA) is 68.3 Å². The first-order chi connectivity index (χ1) is 12.5. The minimum absolute atomic E-state index is 0.329. The zero-order valence-electron chi connectivity index (χ0n) is 13.2. The molecule has 1 N–H and O–H groups in total. The number of aromatic nitrogens is 1. The van der Waals surface area contributed by atoms with Gasteiger partial charge in [0.05, 0.1) is 11.3 Å². The van der Waals surface area contributed by atoms with E-state index in [-0.39, 0.29) is 5.82 Å². The second-order valence-electron chi connectivity index (χ2n) is 5.18. The number of benzene rings is 2. The highest BCUT2D eigenvalue weighted by atomic mass is 79.9. The summed E-state index contributed by atoms with van der Waals surface area (Å²) in [6.07, 6.45) is 0. The molecule has 0 fully saturated rings. The lowest BCUT2D eigenvalue weighted by molar-refractivity contribution is -0.119. The summed E-state index contributed by atoms with van der Waals surface area (Å²) in [6.45, 7) is -0.420. The Morgan fingerprint density at radius 1 is 1.19 bits per heavy atom. The molecule has 1 aromatic heterocycles. The third kappa shape index (κ3) is 4.74. The highest BCUT2D eigenvalue weighted by Gasteiger charge is 2.12. The summed E-state index contributed by atoms with van der Waals surface area (Å²) in [4.78, 5) is 28.1. The molecule has 0 aliphatic rings. The van der Waals surface area contributed by atoms with Crippen LogP contribution in [-0.4, -0.2) is 23.5 Å². The molecule has 3 rings (SSSR count). The smallest absolute Gasteiger partial charge is 0.338 e. The molecular formula is C18H12BrFN2O3S. The van der Waals surface area contributed by atoms with Crippen molar-refractivity contribution in [3.63, 3.8) is 0 Å². The van der Waals surface area contributed by atoms with E-state index >= 15 is 0 Å². The Bertz CT molecular complexity index is 944. The number of carbonyl (C=O) groups excluding carboxylic acids is 2. The van der Waals surface area contributed by atoms with Gasteiger partial charge in [-0.15, -0.1) is 11.3 Å². The fraction of sp³-hybridized carbons (Fsp3) is 0.0556. The number of anilines is 1. The normalized spacial score (nSPS) is 10.4. The van der Waals surface area contributed by atoms with Gasteiger partial charge >= 0.3 is 5.97 Å². The lowest BCUT2D eigenvalue weighted by Crippen LogP contribution is -2.20. The van der Waals surface area contributed by atoms with E-state index in [0.29, 0.717) is 16.4 Å². The van der Waals surface area contributed by atoms with Crippen LogP contribution in [0.2, 0.25) is 0 Å². The number of amides is 1. The molecule has 0 radical (unpaired) electrons. The molecule has 0 saturated carbocycles. The summed E-state index contributed by atoms with van der Waals surface area (Å²) < 4.78 is 18.7. The van der Waals surface area contributed by atoms with E-state index in [2.05, 4.69) is 26.2 Å². The van der Waals surface area contributed by atoms with Crippen LogP contribution in [0.4, 0.5) is 9.52 Å². The van der Waals surface area contributed by atoms with Crippen LogP contribution in [0.5, 0.6) is 0 Å². The third-order valence-electron chi connectivity index (χ3n) is 3.29. The molecule has 8 heteroatoms. The molecule has 0 aliphatic carbocycles. The van der Waals surface area contributed by atoms with Crippen LogP contribution in [0.1, 0.15) is 10.4 Å². The first-order valence-electron chi connectivity index (χ1n) is 7.45. The molecule has 3 aromatic rings. The third-order valence-corrected chi connectivity index (χ3v) is 4.54. The van der Waals surface area contributed by atoms with Crippen molar-refractivity contribution in [1.29, 1.82) is 0 Å². The van der Waals surface area contributed by atoms with Crippen molar-refractivity contribution >= 4 is 44.3 Å². The van der Waals surface area contributed by atoms with Crippen LogP contribution in [-0.2, 0) is 9.53 Å². The van der Waals surface area contributed by atoms with Gasteiger partial charge in [0, 0.05) is 15.4 Å². The Morgan fingerprint density at radius 2 is 1.96 bits per heavy atom. The van der Waals surface area contributed by atoms with Crippen molar-refractivity contribution in [3.8, 4) is 11.3 Å². The number of nitrogens with zero attached hydrogens (tertiary/aromatic N) is 1. The molecule has 1 amide bonds. The summed E-state index contributed by atoms with van der Waals surface area (Å²) in [7, 11) is 0. The molecule has 0 atom stereocenters. The highest BCUT2D eigenvalue weighted by Crippen LogP contribution is 2.25. The van der Waals surface area contributed by atoms with Crippen molar-refractivity contribution in [1.82, 2.24) is 4.98 Å². The molecule has 2 aromatic carbocycles. The first kappa shape index (κ1) is 18.2. The van der Waals surface area contributed by atoms with E-state index in [1.165, 1.54) is 23.5 Å². The van der Waals surface area contributed by atoms with Crippen molar-refractivity contribution in [3.05, 3.63) is 69.8 Å². The number of hydrogen-bond donors (Lipinski definition) is 1. The number of rotatable bonds is 5. The monoisotopic (exact) mass is 434 g/mol. The lowest BCUT2D eigenvalue weighted by atomic mass is 10.2. The van der Waals surface area contributed by atoms with Gasteiger partial charge in [0.2, 0.25) is 0 Å². The van der Waals surface area contributed by atoms with E-state index < -0.39 is 18.5 Å². The minimum Gasteiger partial charge on any atom is -0.452 e. The molecule has 0 saturated heterocycles. The number of hydrogen-bond acceptors (Lipinski definition) is 5.